The van der Waals surface area contributed by atoms with Crippen LogP contribution >= 0.6 is 0 Å². The fourth-order valence-corrected chi connectivity index (χ4v) is 3.04. The van der Waals surface area contributed by atoms with Crippen molar-refractivity contribution in [2.45, 2.75) is 61.7 Å². The molecule has 152 valence electrons. The fraction of sp³-hybridized carbons (Fsp3) is 0.929. The highest BCUT2D eigenvalue weighted by Crippen LogP contribution is 2.35. The zero-order valence-corrected chi connectivity index (χ0v) is 14.0. The van der Waals surface area contributed by atoms with E-state index < -0.39 is 80.5 Å². The number of hydrogen-bond acceptors (Lipinski definition) is 11. The third-order valence-electron chi connectivity index (χ3n) is 4.47. The first kappa shape index (κ1) is 21.4. The van der Waals surface area contributed by atoms with E-state index in [1.165, 1.54) is 0 Å². The number of aliphatic hydroxyl groups excluding tert-OH is 7. The maximum absolute atomic E-state index is 11.4. The molecule has 0 aliphatic carbocycles. The largest absolute Gasteiger partial charge is 0.394 e. The van der Waals surface area contributed by atoms with E-state index in [-0.39, 0.29) is 0 Å². The van der Waals surface area contributed by atoms with E-state index in [0.29, 0.717) is 0 Å². The van der Waals surface area contributed by atoms with E-state index in [0.717, 1.165) is 6.92 Å². The molecule has 9 atom stereocenters. The molecular weight excluding hydrogens is 358 g/mol. The Morgan fingerprint density at radius 1 is 1.04 bits per heavy atom. The van der Waals surface area contributed by atoms with Crippen molar-refractivity contribution in [1.29, 1.82) is 0 Å². The number of rotatable bonds is 6. The van der Waals surface area contributed by atoms with Gasteiger partial charge in [0.1, 0.15) is 49.3 Å². The van der Waals surface area contributed by atoms with Crippen LogP contribution in [0.5, 0.6) is 0 Å². The van der Waals surface area contributed by atoms with Crippen molar-refractivity contribution < 1.29 is 54.8 Å². The van der Waals surface area contributed by atoms with Gasteiger partial charge < -0.3 is 55.3 Å². The minimum absolute atomic E-state index is 0.597. The summed E-state index contributed by atoms with van der Waals surface area (Å²) in [5.74, 6) is -2.82. The molecule has 0 saturated carbocycles. The van der Waals surface area contributed by atoms with Crippen molar-refractivity contribution in [3.05, 3.63) is 0 Å². The average Bonchev–Trinajstić information content (AvgIpc) is 2.86. The average molecular weight is 383 g/mol. The molecule has 2 heterocycles. The second kappa shape index (κ2) is 8.39. The Labute approximate surface area is 148 Å². The third kappa shape index (κ3) is 3.84. The van der Waals surface area contributed by atoms with E-state index in [2.05, 4.69) is 5.32 Å². The summed E-state index contributed by atoms with van der Waals surface area (Å²) in [6, 6.07) is -1.34. The monoisotopic (exact) mass is 383 g/mol. The van der Waals surface area contributed by atoms with Crippen LogP contribution < -0.4 is 5.32 Å². The number of amides is 1. The molecule has 2 fully saturated rings. The lowest BCUT2D eigenvalue weighted by atomic mass is 9.96. The minimum atomic E-state index is -2.23. The SMILES string of the molecule is CC(=O)N[C@H]1C(OC2(CO)O[C@H](CO)[C@@H](O)[C@@H]2O)O[C@H](CO)[C@@H](O)[C@@H]1O. The second-order valence-electron chi connectivity index (χ2n) is 6.30. The molecule has 0 aromatic carbocycles. The standard InChI is InChI=1S/C14H25NO11/c1-5(19)15-8-11(22)9(20)6(2-16)24-13(8)26-14(4-18)12(23)10(21)7(3-17)25-14/h6-13,16-18,20-23H,2-4H2,1H3,(H,15,19)/t6-,7-,8-,9-,10-,11-,12+,13?,14?/m1/s1. The van der Waals surface area contributed by atoms with Crippen molar-refractivity contribution in [2.24, 2.45) is 0 Å². The number of carbonyl (C=O) groups excluding carboxylic acids is 1. The van der Waals surface area contributed by atoms with Crippen LogP contribution in [0, 0.1) is 0 Å². The lowest BCUT2D eigenvalue weighted by Gasteiger charge is -2.45. The van der Waals surface area contributed by atoms with Gasteiger partial charge in [-0.15, -0.1) is 0 Å². The summed E-state index contributed by atoms with van der Waals surface area (Å²) in [5.41, 5.74) is 0. The summed E-state index contributed by atoms with van der Waals surface area (Å²) >= 11 is 0. The van der Waals surface area contributed by atoms with Gasteiger partial charge >= 0.3 is 0 Å². The molecule has 2 aliphatic heterocycles. The van der Waals surface area contributed by atoms with E-state index in [4.69, 9.17) is 14.2 Å². The predicted molar refractivity (Wildman–Crippen MR) is 80.2 cm³/mol. The Morgan fingerprint density at radius 3 is 2.12 bits per heavy atom. The zero-order chi connectivity index (χ0) is 19.6. The molecular formula is C14H25NO11. The summed E-state index contributed by atoms with van der Waals surface area (Å²) in [5, 5.41) is 70.7. The smallest absolute Gasteiger partial charge is 0.224 e. The van der Waals surface area contributed by atoms with Crippen molar-refractivity contribution in [2.75, 3.05) is 19.8 Å². The molecule has 0 bridgehead atoms. The molecule has 1 amide bonds. The van der Waals surface area contributed by atoms with E-state index in [1.54, 1.807) is 0 Å². The van der Waals surface area contributed by atoms with Crippen molar-refractivity contribution in [1.82, 2.24) is 5.32 Å². The molecule has 2 unspecified atom stereocenters. The van der Waals surface area contributed by atoms with Gasteiger partial charge in [0.05, 0.1) is 13.2 Å². The molecule has 26 heavy (non-hydrogen) atoms. The Morgan fingerprint density at radius 2 is 1.65 bits per heavy atom. The van der Waals surface area contributed by atoms with Crippen LogP contribution in [0.25, 0.3) is 0 Å². The molecule has 2 rings (SSSR count). The first-order valence-corrected chi connectivity index (χ1v) is 8.03. The van der Waals surface area contributed by atoms with Crippen LogP contribution in [-0.2, 0) is 19.0 Å². The second-order valence-corrected chi connectivity index (χ2v) is 6.30. The summed E-state index contributed by atoms with van der Waals surface area (Å²) < 4.78 is 16.0. The van der Waals surface area contributed by atoms with Gasteiger partial charge in [0.25, 0.3) is 0 Å². The van der Waals surface area contributed by atoms with Gasteiger partial charge in [-0.1, -0.05) is 0 Å². The molecule has 0 aromatic heterocycles. The molecule has 0 spiro atoms. The third-order valence-corrected chi connectivity index (χ3v) is 4.47. The Hall–Kier alpha value is -0.930. The van der Waals surface area contributed by atoms with Crippen LogP contribution in [0.15, 0.2) is 0 Å². The van der Waals surface area contributed by atoms with Crippen molar-refractivity contribution in [3.63, 3.8) is 0 Å². The minimum Gasteiger partial charge on any atom is -0.394 e. The first-order chi connectivity index (χ1) is 12.2. The summed E-state index contributed by atoms with van der Waals surface area (Å²) in [6.07, 6.45) is -10.6. The van der Waals surface area contributed by atoms with Crippen LogP contribution in [-0.4, -0.2) is 116 Å². The lowest BCUT2D eigenvalue weighted by Crippen LogP contribution is -2.67. The topological polar surface area (TPSA) is 198 Å². The van der Waals surface area contributed by atoms with Crippen LogP contribution in [0.1, 0.15) is 6.92 Å². The Balaban J connectivity index is 2.28. The maximum Gasteiger partial charge on any atom is 0.224 e. The van der Waals surface area contributed by atoms with Gasteiger partial charge in [0, 0.05) is 6.92 Å². The van der Waals surface area contributed by atoms with Crippen LogP contribution in [0.4, 0.5) is 0 Å². The molecule has 0 aromatic rings. The first-order valence-electron chi connectivity index (χ1n) is 8.03. The van der Waals surface area contributed by atoms with Gasteiger partial charge in [0.15, 0.2) is 6.29 Å². The van der Waals surface area contributed by atoms with Crippen molar-refractivity contribution in [3.8, 4) is 0 Å². The summed E-state index contributed by atoms with van der Waals surface area (Å²) in [7, 11) is 0. The fourth-order valence-electron chi connectivity index (χ4n) is 3.04. The molecule has 2 aliphatic rings. The lowest BCUT2D eigenvalue weighted by molar-refractivity contribution is -0.368. The molecule has 0 radical (unpaired) electrons. The number of aliphatic hydroxyl groups is 7. The Bertz CT molecular complexity index is 494. The summed E-state index contributed by atoms with van der Waals surface area (Å²) in [4.78, 5) is 11.4. The van der Waals surface area contributed by atoms with Gasteiger partial charge in [-0.2, -0.15) is 0 Å². The van der Waals surface area contributed by atoms with Gasteiger partial charge in [-0.25, -0.2) is 0 Å². The highest BCUT2D eigenvalue weighted by atomic mass is 16.8. The van der Waals surface area contributed by atoms with E-state index in [9.17, 15) is 40.5 Å². The maximum atomic E-state index is 11.4. The van der Waals surface area contributed by atoms with Gasteiger partial charge in [-0.05, 0) is 0 Å². The molecule has 2 saturated heterocycles. The number of hydrogen-bond donors (Lipinski definition) is 8. The highest BCUT2D eigenvalue weighted by Gasteiger charge is 2.58. The zero-order valence-electron chi connectivity index (χ0n) is 14.0. The quantitative estimate of drug-likeness (QED) is 0.218. The number of carbonyl (C=O) groups is 1. The molecule has 8 N–H and O–H groups in total. The molecule has 12 nitrogen and oxygen atoms in total. The molecule has 12 heteroatoms. The summed E-state index contributed by atoms with van der Waals surface area (Å²) in [6.45, 7) is -1.19. The normalized spacial score (nSPS) is 46.3. The van der Waals surface area contributed by atoms with Gasteiger partial charge in [0.2, 0.25) is 11.7 Å². The van der Waals surface area contributed by atoms with Crippen molar-refractivity contribution >= 4 is 5.91 Å². The number of nitrogens with one attached hydrogen (secondary N) is 1. The number of ether oxygens (including phenoxy) is 3. The highest BCUT2D eigenvalue weighted by molar-refractivity contribution is 5.73. The van der Waals surface area contributed by atoms with Crippen LogP contribution in [0.2, 0.25) is 0 Å². The predicted octanol–water partition coefficient (Wildman–Crippen LogP) is -5.25. The van der Waals surface area contributed by atoms with Gasteiger partial charge in [-0.3, -0.25) is 4.79 Å². The van der Waals surface area contributed by atoms with E-state index in [1.807, 2.05) is 0 Å². The Kier molecular flexibility index (Phi) is 6.90. The van der Waals surface area contributed by atoms with Crippen LogP contribution in [0.3, 0.4) is 0 Å². The van der Waals surface area contributed by atoms with E-state index >= 15 is 0 Å².